The van der Waals surface area contributed by atoms with Crippen molar-refractivity contribution < 1.29 is 0 Å². The molecule has 2 aromatic rings. The van der Waals surface area contributed by atoms with Gasteiger partial charge in [0.25, 0.3) is 0 Å². The van der Waals surface area contributed by atoms with Crippen molar-refractivity contribution in [1.82, 2.24) is 4.31 Å². The van der Waals surface area contributed by atoms with Gasteiger partial charge in [-0.3, -0.25) is 0 Å². The molecule has 1 heterocycles. The molecule has 0 saturated carbocycles. The summed E-state index contributed by atoms with van der Waals surface area (Å²) in [4.78, 5) is 1.30. The largest absolute Gasteiger partial charge is 0.385 e. The Morgan fingerprint density at radius 1 is 1.00 bits per heavy atom. The zero-order valence-corrected chi connectivity index (χ0v) is 14.3. The van der Waals surface area contributed by atoms with Crippen molar-refractivity contribution in [2.45, 2.75) is 30.7 Å². The Morgan fingerprint density at radius 2 is 1.78 bits per heavy atom. The Kier molecular flexibility index (Phi) is 5.97. The number of unbranched alkanes of at least 4 members (excludes halogenated alkanes) is 1. The fraction of sp³-hybridized carbons (Fsp3) is 0.368. The molecule has 1 aliphatic heterocycles. The van der Waals surface area contributed by atoms with Crippen LogP contribution in [0.4, 0.5) is 5.69 Å². The number of nitrogens with two attached hydrogens (primary N) is 1. The second-order valence-corrected chi connectivity index (χ2v) is 7.09. The zero-order chi connectivity index (χ0) is 15.9. The van der Waals surface area contributed by atoms with Gasteiger partial charge in [0.15, 0.2) is 0 Å². The average molecular weight is 327 g/mol. The smallest absolute Gasteiger partial charge is 0.0346 e. The number of hydrogen-bond donors (Lipinski definition) is 2. The molecule has 0 saturated heterocycles. The quantitative estimate of drug-likeness (QED) is 0.598. The van der Waals surface area contributed by atoms with Crippen molar-refractivity contribution in [2.24, 2.45) is 5.73 Å². The van der Waals surface area contributed by atoms with Crippen LogP contribution in [0.15, 0.2) is 53.4 Å². The van der Waals surface area contributed by atoms with Gasteiger partial charge in [0.1, 0.15) is 0 Å². The van der Waals surface area contributed by atoms with E-state index >= 15 is 0 Å². The van der Waals surface area contributed by atoms with Crippen LogP contribution < -0.4 is 11.1 Å². The van der Waals surface area contributed by atoms with Crippen molar-refractivity contribution in [3.05, 3.63) is 59.7 Å². The third kappa shape index (κ3) is 4.74. The van der Waals surface area contributed by atoms with Crippen LogP contribution in [0.1, 0.15) is 24.0 Å². The van der Waals surface area contributed by atoms with Crippen molar-refractivity contribution in [3.63, 3.8) is 0 Å². The van der Waals surface area contributed by atoms with Gasteiger partial charge in [0.05, 0.1) is 0 Å². The molecule has 0 radical (unpaired) electrons. The number of hydrogen-bond acceptors (Lipinski definition) is 4. The molecule has 0 spiro atoms. The highest BCUT2D eigenvalue weighted by Crippen LogP contribution is 2.29. The minimum atomic E-state index is 0.774. The van der Waals surface area contributed by atoms with Crippen LogP contribution in [0.2, 0.25) is 0 Å². The Morgan fingerprint density at radius 3 is 2.57 bits per heavy atom. The van der Waals surface area contributed by atoms with Crippen molar-refractivity contribution in [2.75, 3.05) is 25.0 Å². The Labute approximate surface area is 143 Å². The molecule has 1 aliphatic rings. The maximum atomic E-state index is 5.51. The van der Waals surface area contributed by atoms with Crippen LogP contribution in [0.3, 0.4) is 0 Å². The van der Waals surface area contributed by atoms with E-state index in [1.54, 1.807) is 0 Å². The van der Waals surface area contributed by atoms with Gasteiger partial charge in [-0.25, -0.2) is 4.31 Å². The van der Waals surface area contributed by atoms with Gasteiger partial charge < -0.3 is 11.1 Å². The first kappa shape index (κ1) is 16.4. The second kappa shape index (κ2) is 8.39. The number of benzene rings is 2. The van der Waals surface area contributed by atoms with Gasteiger partial charge >= 0.3 is 0 Å². The first-order chi connectivity index (χ1) is 11.3. The van der Waals surface area contributed by atoms with Gasteiger partial charge in [-0.15, -0.1) is 0 Å². The van der Waals surface area contributed by atoms with E-state index < -0.39 is 0 Å². The van der Waals surface area contributed by atoms with Gasteiger partial charge in [-0.1, -0.05) is 24.3 Å². The molecule has 3 nitrogen and oxygen atoms in total. The van der Waals surface area contributed by atoms with Crippen LogP contribution in [-0.4, -0.2) is 23.9 Å². The molecule has 0 aromatic heterocycles. The maximum Gasteiger partial charge on any atom is 0.0346 e. The minimum Gasteiger partial charge on any atom is -0.385 e. The summed E-state index contributed by atoms with van der Waals surface area (Å²) in [6.45, 7) is 3.91. The molecular weight excluding hydrogens is 302 g/mol. The SMILES string of the molecule is NCCCCNc1ccc(SN2CCc3ccccc3C2)cc1. The molecule has 3 rings (SSSR count). The van der Waals surface area contributed by atoms with Crippen molar-refractivity contribution in [3.8, 4) is 0 Å². The predicted octanol–water partition coefficient (Wildman–Crippen LogP) is 3.90. The summed E-state index contributed by atoms with van der Waals surface area (Å²) in [7, 11) is 0. The normalized spacial score (nSPS) is 14.5. The molecule has 4 heteroatoms. The first-order valence-electron chi connectivity index (χ1n) is 8.39. The summed E-state index contributed by atoms with van der Waals surface area (Å²) in [6, 6.07) is 17.5. The van der Waals surface area contributed by atoms with Crippen LogP contribution in [0.25, 0.3) is 0 Å². The van der Waals surface area contributed by atoms with Crippen molar-refractivity contribution in [1.29, 1.82) is 0 Å². The molecule has 23 heavy (non-hydrogen) atoms. The summed E-state index contributed by atoms with van der Waals surface area (Å²) in [5, 5.41) is 3.44. The summed E-state index contributed by atoms with van der Waals surface area (Å²) in [5.41, 5.74) is 9.67. The van der Waals surface area contributed by atoms with Crippen LogP contribution in [-0.2, 0) is 13.0 Å². The topological polar surface area (TPSA) is 41.3 Å². The Bertz CT molecular complexity index is 612. The van der Waals surface area contributed by atoms with E-state index in [0.717, 1.165) is 45.4 Å². The molecule has 0 atom stereocenters. The molecule has 0 bridgehead atoms. The monoisotopic (exact) mass is 327 g/mol. The van der Waals surface area contributed by atoms with Crippen LogP contribution in [0.5, 0.6) is 0 Å². The summed E-state index contributed by atoms with van der Waals surface area (Å²) < 4.78 is 2.45. The lowest BCUT2D eigenvalue weighted by molar-refractivity contribution is 0.444. The maximum absolute atomic E-state index is 5.51. The first-order valence-corrected chi connectivity index (χ1v) is 9.16. The van der Waals surface area contributed by atoms with Crippen LogP contribution in [0, 0.1) is 0 Å². The number of rotatable bonds is 7. The fourth-order valence-electron chi connectivity index (χ4n) is 2.83. The third-order valence-electron chi connectivity index (χ3n) is 4.14. The highest BCUT2D eigenvalue weighted by Gasteiger charge is 2.16. The lowest BCUT2D eigenvalue weighted by Crippen LogP contribution is -2.24. The van der Waals surface area contributed by atoms with E-state index in [9.17, 15) is 0 Å². The number of nitrogens with one attached hydrogen (secondary N) is 1. The zero-order valence-electron chi connectivity index (χ0n) is 13.5. The molecule has 122 valence electrons. The van der Waals surface area contributed by atoms with E-state index in [0.29, 0.717) is 0 Å². The van der Waals surface area contributed by atoms with Gasteiger partial charge in [-0.2, -0.15) is 0 Å². The van der Waals surface area contributed by atoms with Gasteiger partial charge in [0.2, 0.25) is 0 Å². The fourth-order valence-corrected chi connectivity index (χ4v) is 3.77. The molecule has 2 aromatic carbocycles. The van der Waals surface area contributed by atoms with E-state index in [2.05, 4.69) is 58.2 Å². The van der Waals surface area contributed by atoms with Crippen LogP contribution >= 0.6 is 11.9 Å². The highest BCUT2D eigenvalue weighted by molar-refractivity contribution is 7.97. The Hall–Kier alpha value is -1.49. The van der Waals surface area contributed by atoms with Gasteiger partial charge in [-0.05, 0) is 73.1 Å². The molecule has 0 aliphatic carbocycles. The average Bonchev–Trinajstić information content (AvgIpc) is 2.60. The number of nitrogens with zero attached hydrogens (tertiary/aromatic N) is 1. The summed E-state index contributed by atoms with van der Waals surface area (Å²) in [6.07, 6.45) is 3.35. The summed E-state index contributed by atoms with van der Waals surface area (Å²) in [5.74, 6) is 0. The second-order valence-electron chi connectivity index (χ2n) is 5.92. The van der Waals surface area contributed by atoms with E-state index in [4.69, 9.17) is 5.73 Å². The lowest BCUT2D eigenvalue weighted by atomic mass is 10.0. The van der Waals surface area contributed by atoms with Crippen molar-refractivity contribution >= 4 is 17.6 Å². The number of fused-ring (bicyclic) bond motifs is 1. The molecule has 0 fully saturated rings. The number of anilines is 1. The highest BCUT2D eigenvalue weighted by atomic mass is 32.2. The molecular formula is C19H25N3S. The molecule has 3 N–H and O–H groups in total. The lowest BCUT2D eigenvalue weighted by Gasteiger charge is -2.27. The Balaban J connectivity index is 1.51. The van der Waals surface area contributed by atoms with E-state index in [1.807, 2.05) is 11.9 Å². The standard InChI is InChI=1S/C19H25N3S/c20-12-3-4-13-21-18-7-9-19(10-8-18)23-22-14-11-16-5-1-2-6-17(16)15-22/h1-2,5-10,21H,3-4,11-15,20H2. The molecule has 0 amide bonds. The molecule has 0 unspecified atom stereocenters. The van der Waals surface area contributed by atoms with E-state index in [-0.39, 0.29) is 0 Å². The van der Waals surface area contributed by atoms with Gasteiger partial charge in [0, 0.05) is 30.2 Å². The summed E-state index contributed by atoms with van der Waals surface area (Å²) >= 11 is 1.86. The van der Waals surface area contributed by atoms with E-state index in [1.165, 1.54) is 21.7 Å². The third-order valence-corrected chi connectivity index (χ3v) is 5.20. The predicted molar refractivity (Wildman–Crippen MR) is 99.6 cm³/mol. The minimum absolute atomic E-state index is 0.774.